The minimum atomic E-state index is 0. The van der Waals surface area contributed by atoms with Gasteiger partial charge in [0.05, 0.1) is 22.9 Å². The van der Waals surface area contributed by atoms with E-state index in [0.29, 0.717) is 6.61 Å². The van der Waals surface area contributed by atoms with Crippen LogP contribution in [0.2, 0.25) is 0 Å². The summed E-state index contributed by atoms with van der Waals surface area (Å²) in [6, 6.07) is 7.05. The smallest absolute Gasteiger partial charge is 0.121 e. The van der Waals surface area contributed by atoms with Crippen LogP contribution in [-0.4, -0.2) is 64.2 Å². The summed E-state index contributed by atoms with van der Waals surface area (Å²) < 4.78 is 4.66. The quantitative estimate of drug-likeness (QED) is 0.804. The zero-order valence-corrected chi connectivity index (χ0v) is 12.8. The van der Waals surface area contributed by atoms with Gasteiger partial charge >= 0.3 is 0 Å². The summed E-state index contributed by atoms with van der Waals surface area (Å²) in [5, 5.41) is 9.14. The zero-order valence-electron chi connectivity index (χ0n) is 7.25. The molecule has 1 rings (SSSR count). The van der Waals surface area contributed by atoms with Crippen molar-refractivity contribution >= 4 is 75.4 Å². The SMILES string of the molecule is Oc1ccccc1COBr.[Na].[Na]. The largest absolute Gasteiger partial charge is 0.508 e. The molecule has 56 valence electrons. The van der Waals surface area contributed by atoms with Crippen molar-refractivity contribution < 1.29 is 8.93 Å². The Balaban J connectivity index is 0. The van der Waals surface area contributed by atoms with E-state index in [1.165, 1.54) is 0 Å². The predicted octanol–water partition coefficient (Wildman–Crippen LogP) is 1.46. The Morgan fingerprint density at radius 3 is 2.33 bits per heavy atom. The third-order valence-corrected chi connectivity index (χ3v) is 1.43. The molecule has 0 spiro atoms. The van der Waals surface area contributed by atoms with Gasteiger partial charge in [-0.15, -0.1) is 0 Å². The van der Waals surface area contributed by atoms with E-state index in [0.717, 1.165) is 5.56 Å². The molecule has 0 saturated carbocycles. The zero-order chi connectivity index (χ0) is 7.40. The average molecular weight is 249 g/mol. The molecule has 0 aliphatic rings. The average Bonchev–Trinajstić information content (AvgIpc) is 1.94. The first-order valence-electron chi connectivity index (χ1n) is 2.85. The van der Waals surface area contributed by atoms with Crippen molar-refractivity contribution in [2.45, 2.75) is 6.61 Å². The summed E-state index contributed by atoms with van der Waals surface area (Å²) in [6.45, 7) is 0.382. The molecule has 0 atom stereocenters. The third kappa shape index (κ3) is 5.25. The number of benzene rings is 1. The van der Waals surface area contributed by atoms with E-state index in [9.17, 15) is 0 Å². The molecule has 5 heteroatoms. The number of halogens is 1. The first-order chi connectivity index (χ1) is 4.84. The molecule has 2 nitrogen and oxygen atoms in total. The molecular weight excluding hydrogens is 242 g/mol. The molecule has 1 aromatic carbocycles. The first-order valence-corrected chi connectivity index (χ1v) is 3.49. The molecule has 0 fully saturated rings. The van der Waals surface area contributed by atoms with Gasteiger partial charge in [-0.05, 0) is 6.07 Å². The monoisotopic (exact) mass is 248 g/mol. The Morgan fingerprint density at radius 2 is 1.83 bits per heavy atom. The maximum Gasteiger partial charge on any atom is 0.121 e. The standard InChI is InChI=1S/C7H7BrO2.2Na/c8-10-5-6-3-1-2-4-7(6)9;;/h1-4,9H,5H2;;. The van der Waals surface area contributed by atoms with Gasteiger partial charge in [0.2, 0.25) is 0 Å². The van der Waals surface area contributed by atoms with Crippen LogP contribution in [0, 0.1) is 0 Å². The first kappa shape index (κ1) is 15.9. The van der Waals surface area contributed by atoms with Gasteiger partial charge in [0.25, 0.3) is 0 Å². The summed E-state index contributed by atoms with van der Waals surface area (Å²) in [4.78, 5) is 0. The second-order valence-electron chi connectivity index (χ2n) is 1.88. The molecule has 0 heterocycles. The molecule has 2 radical (unpaired) electrons. The van der Waals surface area contributed by atoms with Crippen LogP contribution in [0.3, 0.4) is 0 Å². The molecule has 12 heavy (non-hydrogen) atoms. The number of aromatic hydroxyl groups is 1. The van der Waals surface area contributed by atoms with E-state index < -0.39 is 0 Å². The van der Waals surface area contributed by atoms with Crippen molar-refractivity contribution in [3.63, 3.8) is 0 Å². The van der Waals surface area contributed by atoms with Gasteiger partial charge in [0.15, 0.2) is 0 Å². The van der Waals surface area contributed by atoms with Crippen LogP contribution in [0.4, 0.5) is 0 Å². The van der Waals surface area contributed by atoms with Crippen molar-refractivity contribution in [1.82, 2.24) is 0 Å². The molecule has 0 amide bonds. The van der Waals surface area contributed by atoms with E-state index in [-0.39, 0.29) is 64.9 Å². The number of phenols is 1. The number of hydrogen-bond acceptors (Lipinski definition) is 2. The second kappa shape index (κ2) is 9.03. The normalized spacial score (nSPS) is 8.08. The van der Waals surface area contributed by atoms with Crippen molar-refractivity contribution in [1.29, 1.82) is 0 Å². The Bertz CT molecular complexity index is 220. The summed E-state index contributed by atoms with van der Waals surface area (Å²) in [7, 11) is 0. The minimum absolute atomic E-state index is 0. The maximum atomic E-state index is 9.14. The topological polar surface area (TPSA) is 29.5 Å². The molecule has 0 aliphatic heterocycles. The molecule has 0 unspecified atom stereocenters. The molecule has 0 aromatic heterocycles. The molecule has 0 saturated heterocycles. The van der Waals surface area contributed by atoms with Gasteiger partial charge in [0, 0.05) is 64.7 Å². The molecule has 0 bridgehead atoms. The molecular formula is C7H7BrNa2O2. The molecule has 1 aromatic rings. The van der Waals surface area contributed by atoms with E-state index >= 15 is 0 Å². The van der Waals surface area contributed by atoms with Crippen molar-refractivity contribution in [2.75, 3.05) is 0 Å². The Morgan fingerprint density at radius 1 is 1.25 bits per heavy atom. The van der Waals surface area contributed by atoms with E-state index in [4.69, 9.17) is 5.11 Å². The fourth-order valence-corrected chi connectivity index (χ4v) is 0.938. The van der Waals surface area contributed by atoms with Crippen molar-refractivity contribution in [3.05, 3.63) is 29.8 Å². The van der Waals surface area contributed by atoms with Gasteiger partial charge in [0.1, 0.15) is 5.75 Å². The fraction of sp³-hybridized carbons (Fsp3) is 0.143. The third-order valence-electron chi connectivity index (χ3n) is 1.20. The van der Waals surface area contributed by atoms with Crippen LogP contribution in [0.25, 0.3) is 0 Å². The number of phenolic OH excluding ortho intramolecular Hbond substituents is 1. The second-order valence-corrected chi connectivity index (χ2v) is 2.34. The number of rotatable bonds is 2. The Kier molecular flexibility index (Phi) is 12.0. The number of para-hydroxylation sites is 1. The van der Waals surface area contributed by atoms with Gasteiger partial charge < -0.3 is 8.93 Å². The van der Waals surface area contributed by atoms with Gasteiger partial charge in [-0.25, -0.2) is 0 Å². The Labute approximate surface area is 125 Å². The van der Waals surface area contributed by atoms with Crippen LogP contribution in [0.5, 0.6) is 5.75 Å². The van der Waals surface area contributed by atoms with Crippen LogP contribution in [-0.2, 0) is 10.4 Å². The van der Waals surface area contributed by atoms with Crippen LogP contribution in [0.1, 0.15) is 5.56 Å². The van der Waals surface area contributed by atoms with Crippen LogP contribution in [0.15, 0.2) is 24.3 Å². The summed E-state index contributed by atoms with van der Waals surface area (Å²) in [5.74, 6) is 0.266. The minimum Gasteiger partial charge on any atom is -0.508 e. The van der Waals surface area contributed by atoms with Crippen LogP contribution < -0.4 is 0 Å². The van der Waals surface area contributed by atoms with E-state index in [1.54, 1.807) is 18.2 Å². The summed E-state index contributed by atoms with van der Waals surface area (Å²) in [6.07, 6.45) is 0. The summed E-state index contributed by atoms with van der Waals surface area (Å²) in [5.41, 5.74) is 0.777. The van der Waals surface area contributed by atoms with Gasteiger partial charge in [-0.2, -0.15) is 0 Å². The predicted molar refractivity (Wildman–Crippen MR) is 53.3 cm³/mol. The summed E-state index contributed by atoms with van der Waals surface area (Å²) >= 11 is 2.81. The molecule has 0 aliphatic carbocycles. The van der Waals surface area contributed by atoms with Crippen molar-refractivity contribution in [2.24, 2.45) is 0 Å². The maximum absolute atomic E-state index is 9.14. The van der Waals surface area contributed by atoms with E-state index in [2.05, 4.69) is 20.1 Å². The fourth-order valence-electron chi connectivity index (χ4n) is 0.692. The van der Waals surface area contributed by atoms with E-state index in [1.807, 2.05) is 6.07 Å². The van der Waals surface area contributed by atoms with Crippen LogP contribution >= 0.6 is 16.3 Å². The molecule has 1 N–H and O–H groups in total. The number of hydrogen-bond donors (Lipinski definition) is 1. The Hall–Kier alpha value is 1.46. The van der Waals surface area contributed by atoms with Gasteiger partial charge in [-0.1, -0.05) is 18.2 Å². The van der Waals surface area contributed by atoms with Gasteiger partial charge in [-0.3, -0.25) is 0 Å². The van der Waals surface area contributed by atoms with Crippen molar-refractivity contribution in [3.8, 4) is 5.75 Å².